The highest BCUT2D eigenvalue weighted by Gasteiger charge is 2.35. The smallest absolute Gasteiger partial charge is 0.387 e. The summed E-state index contributed by atoms with van der Waals surface area (Å²) in [5, 5.41) is 9.70. The second-order valence-electron chi connectivity index (χ2n) is 4.46. The van der Waals surface area contributed by atoms with Gasteiger partial charge in [0, 0.05) is 5.54 Å². The van der Waals surface area contributed by atoms with E-state index in [4.69, 9.17) is 5.73 Å². The summed E-state index contributed by atoms with van der Waals surface area (Å²) in [7, 11) is 0. The van der Waals surface area contributed by atoms with E-state index >= 15 is 0 Å². The number of rotatable bonds is 2. The van der Waals surface area contributed by atoms with Crippen molar-refractivity contribution < 1.29 is 22.7 Å². The van der Waals surface area contributed by atoms with Crippen molar-refractivity contribution in [1.82, 2.24) is 0 Å². The molecule has 1 rings (SSSR count). The van der Waals surface area contributed by atoms with Crippen LogP contribution in [0.3, 0.4) is 0 Å². The monoisotopic (exact) mass is 251 g/mol. The van der Waals surface area contributed by atoms with Gasteiger partial charge in [0.2, 0.25) is 0 Å². The third-order valence-electron chi connectivity index (χ3n) is 2.32. The van der Waals surface area contributed by atoms with Gasteiger partial charge in [0.05, 0.1) is 11.7 Å². The number of halogens is 4. The molecule has 0 saturated heterocycles. The molecular formula is C11H13F4NO. The van der Waals surface area contributed by atoms with Crippen molar-refractivity contribution in [2.24, 2.45) is 5.73 Å². The molecule has 0 bridgehead atoms. The molecule has 1 unspecified atom stereocenters. The number of aliphatic hydroxyl groups excluding tert-OH is 1. The molecule has 0 heterocycles. The number of alkyl halides is 3. The fourth-order valence-electron chi connectivity index (χ4n) is 1.36. The molecule has 6 heteroatoms. The molecule has 0 aromatic heterocycles. The maximum absolute atomic E-state index is 13.2. The van der Waals surface area contributed by atoms with Crippen LogP contribution < -0.4 is 5.73 Å². The molecular weight excluding hydrogens is 238 g/mol. The molecule has 0 spiro atoms. The number of benzene rings is 1. The average molecular weight is 251 g/mol. The minimum Gasteiger partial charge on any atom is -0.387 e. The van der Waals surface area contributed by atoms with Crippen LogP contribution in [0.15, 0.2) is 18.2 Å². The first-order valence-corrected chi connectivity index (χ1v) is 4.87. The largest absolute Gasteiger partial charge is 0.419 e. The lowest BCUT2D eigenvalue weighted by atomic mass is 9.92. The minimum atomic E-state index is -4.74. The summed E-state index contributed by atoms with van der Waals surface area (Å²) in [5.74, 6) is -1.42. The van der Waals surface area contributed by atoms with Crippen LogP contribution in [0.4, 0.5) is 17.6 Å². The lowest BCUT2D eigenvalue weighted by molar-refractivity contribution is -0.140. The Morgan fingerprint density at radius 2 is 1.76 bits per heavy atom. The summed E-state index contributed by atoms with van der Waals surface area (Å²) in [6, 6.07) is 2.27. The van der Waals surface area contributed by atoms with E-state index in [9.17, 15) is 22.7 Å². The van der Waals surface area contributed by atoms with E-state index in [0.29, 0.717) is 12.1 Å². The van der Waals surface area contributed by atoms with Gasteiger partial charge in [0.15, 0.2) is 0 Å². The first-order valence-electron chi connectivity index (χ1n) is 4.87. The van der Waals surface area contributed by atoms with Crippen LogP contribution >= 0.6 is 0 Å². The van der Waals surface area contributed by atoms with E-state index < -0.39 is 29.2 Å². The van der Waals surface area contributed by atoms with Crippen molar-refractivity contribution in [2.75, 3.05) is 0 Å². The Labute approximate surface area is 96.1 Å². The van der Waals surface area contributed by atoms with Gasteiger partial charge in [0.1, 0.15) is 5.82 Å². The maximum atomic E-state index is 13.2. The molecule has 3 N–H and O–H groups in total. The van der Waals surface area contributed by atoms with Crippen molar-refractivity contribution in [2.45, 2.75) is 31.7 Å². The van der Waals surface area contributed by atoms with Gasteiger partial charge in [-0.1, -0.05) is 6.07 Å². The lowest BCUT2D eigenvalue weighted by Crippen LogP contribution is -2.39. The molecule has 0 saturated carbocycles. The summed E-state index contributed by atoms with van der Waals surface area (Å²) in [5.41, 5.74) is 3.19. The van der Waals surface area contributed by atoms with Gasteiger partial charge in [-0.05, 0) is 31.5 Å². The zero-order valence-corrected chi connectivity index (χ0v) is 9.35. The highest BCUT2D eigenvalue weighted by Crippen LogP contribution is 2.33. The van der Waals surface area contributed by atoms with Crippen molar-refractivity contribution >= 4 is 0 Å². The molecule has 96 valence electrons. The molecule has 2 nitrogen and oxygen atoms in total. The molecule has 17 heavy (non-hydrogen) atoms. The minimum absolute atomic E-state index is 0.0167. The van der Waals surface area contributed by atoms with E-state index in [2.05, 4.69) is 0 Å². The van der Waals surface area contributed by atoms with Gasteiger partial charge in [-0.2, -0.15) is 13.2 Å². The van der Waals surface area contributed by atoms with Crippen LogP contribution in [-0.2, 0) is 6.18 Å². The Balaban J connectivity index is 3.14. The zero-order valence-electron chi connectivity index (χ0n) is 9.35. The van der Waals surface area contributed by atoms with E-state index in [1.54, 1.807) is 0 Å². The Hall–Kier alpha value is -1.14. The summed E-state index contributed by atoms with van der Waals surface area (Å²) >= 11 is 0. The average Bonchev–Trinajstić information content (AvgIpc) is 2.12. The molecule has 1 aromatic carbocycles. The van der Waals surface area contributed by atoms with Crippen molar-refractivity contribution in [1.29, 1.82) is 0 Å². The SMILES string of the molecule is CC(C)(N)C(O)c1ccc(C(F)(F)F)c(F)c1. The molecule has 0 fully saturated rings. The van der Waals surface area contributed by atoms with Gasteiger partial charge in [-0.15, -0.1) is 0 Å². The predicted octanol–water partition coefficient (Wildman–Crippen LogP) is 2.62. The van der Waals surface area contributed by atoms with Gasteiger partial charge < -0.3 is 10.8 Å². The quantitative estimate of drug-likeness (QED) is 0.794. The van der Waals surface area contributed by atoms with E-state index in [-0.39, 0.29) is 5.56 Å². The Kier molecular flexibility index (Phi) is 3.50. The second-order valence-corrected chi connectivity index (χ2v) is 4.46. The van der Waals surface area contributed by atoms with Gasteiger partial charge in [-0.25, -0.2) is 4.39 Å². The normalized spacial score (nSPS) is 14.8. The standard InChI is InChI=1S/C11H13F4NO/c1-10(2,16)9(17)6-3-4-7(8(12)5-6)11(13,14)15/h3-5,9,17H,16H2,1-2H3. The maximum Gasteiger partial charge on any atom is 0.419 e. The first-order chi connectivity index (χ1) is 7.53. The molecule has 0 aliphatic heterocycles. The van der Waals surface area contributed by atoms with Gasteiger partial charge in [0.25, 0.3) is 0 Å². The third kappa shape index (κ3) is 3.17. The van der Waals surface area contributed by atoms with Crippen LogP contribution in [0.5, 0.6) is 0 Å². The molecule has 0 radical (unpaired) electrons. The molecule has 0 amide bonds. The number of aliphatic hydroxyl groups is 1. The predicted molar refractivity (Wildman–Crippen MR) is 54.6 cm³/mol. The highest BCUT2D eigenvalue weighted by atomic mass is 19.4. The van der Waals surface area contributed by atoms with Crippen molar-refractivity contribution in [3.05, 3.63) is 35.1 Å². The number of hydrogen-bond acceptors (Lipinski definition) is 2. The molecule has 1 atom stereocenters. The first kappa shape index (κ1) is 13.9. The molecule has 0 aliphatic rings. The number of hydrogen-bond donors (Lipinski definition) is 2. The Bertz CT molecular complexity index is 409. The number of nitrogens with two attached hydrogens (primary N) is 1. The summed E-state index contributed by atoms with van der Waals surface area (Å²) in [6.07, 6.45) is -5.98. The summed E-state index contributed by atoms with van der Waals surface area (Å²) < 4.78 is 50.1. The third-order valence-corrected chi connectivity index (χ3v) is 2.32. The van der Waals surface area contributed by atoms with Crippen LogP contribution in [0.25, 0.3) is 0 Å². The Morgan fingerprint density at radius 3 is 2.12 bits per heavy atom. The van der Waals surface area contributed by atoms with Crippen molar-refractivity contribution in [3.8, 4) is 0 Å². The molecule has 0 aliphatic carbocycles. The topological polar surface area (TPSA) is 46.2 Å². The van der Waals surface area contributed by atoms with E-state index in [1.807, 2.05) is 0 Å². The van der Waals surface area contributed by atoms with Gasteiger partial charge >= 0.3 is 6.18 Å². The fourth-order valence-corrected chi connectivity index (χ4v) is 1.36. The summed E-state index contributed by atoms with van der Waals surface area (Å²) in [6.45, 7) is 2.99. The zero-order chi connectivity index (χ0) is 13.4. The lowest BCUT2D eigenvalue weighted by Gasteiger charge is -2.26. The van der Waals surface area contributed by atoms with E-state index in [1.165, 1.54) is 13.8 Å². The van der Waals surface area contributed by atoms with Crippen LogP contribution in [0, 0.1) is 5.82 Å². The molecule has 1 aromatic rings. The van der Waals surface area contributed by atoms with Crippen LogP contribution in [-0.4, -0.2) is 10.6 Å². The fraction of sp³-hybridized carbons (Fsp3) is 0.455. The summed E-state index contributed by atoms with van der Waals surface area (Å²) in [4.78, 5) is 0. The van der Waals surface area contributed by atoms with Crippen molar-refractivity contribution in [3.63, 3.8) is 0 Å². The Morgan fingerprint density at radius 1 is 1.24 bits per heavy atom. The van der Waals surface area contributed by atoms with E-state index in [0.717, 1.165) is 6.07 Å². The highest BCUT2D eigenvalue weighted by molar-refractivity contribution is 5.29. The van der Waals surface area contributed by atoms with Gasteiger partial charge in [-0.3, -0.25) is 0 Å². The van der Waals surface area contributed by atoms with Crippen LogP contribution in [0.2, 0.25) is 0 Å². The van der Waals surface area contributed by atoms with Crippen LogP contribution in [0.1, 0.15) is 31.1 Å². The second kappa shape index (κ2) is 4.27.